The predicted molar refractivity (Wildman–Crippen MR) is 81.1 cm³/mol. The molecule has 0 fully saturated rings. The van der Waals surface area contributed by atoms with Gasteiger partial charge < -0.3 is 15.9 Å². The highest BCUT2D eigenvalue weighted by molar-refractivity contribution is 7.99. The quantitative estimate of drug-likeness (QED) is 0.620. The molecule has 23 heavy (non-hydrogen) atoms. The van der Waals surface area contributed by atoms with E-state index in [0.717, 1.165) is 17.8 Å². The first-order valence-corrected chi connectivity index (χ1v) is 8.02. The second-order valence-corrected chi connectivity index (χ2v) is 6.40. The zero-order valence-corrected chi connectivity index (χ0v) is 13.3. The fourth-order valence-electron chi connectivity index (χ4n) is 1.78. The smallest absolute Gasteiger partial charge is 0.423 e. The van der Waals surface area contributed by atoms with Gasteiger partial charge in [0.25, 0.3) is 0 Å². The summed E-state index contributed by atoms with van der Waals surface area (Å²) in [5, 5.41) is 18.7. The molecule has 0 aliphatic heterocycles. The van der Waals surface area contributed by atoms with Crippen LogP contribution in [0.5, 0.6) is 0 Å². The Bertz CT molecular complexity index is 525. The number of aliphatic hydroxyl groups is 1. The molecule has 0 saturated carbocycles. The first-order chi connectivity index (χ1) is 10.6. The number of carboxylic acid groups (broad SMARTS) is 1. The molecule has 1 rings (SSSR count). The van der Waals surface area contributed by atoms with E-state index in [4.69, 9.17) is 10.8 Å². The maximum absolute atomic E-state index is 13.2. The van der Waals surface area contributed by atoms with Crippen molar-refractivity contribution in [2.24, 2.45) is 5.73 Å². The van der Waals surface area contributed by atoms with Gasteiger partial charge in [0.1, 0.15) is 6.04 Å². The summed E-state index contributed by atoms with van der Waals surface area (Å²) in [6, 6.07) is 1.58. The minimum Gasteiger partial charge on any atom is -0.480 e. The van der Waals surface area contributed by atoms with E-state index >= 15 is 0 Å². The van der Waals surface area contributed by atoms with Crippen molar-refractivity contribution in [2.75, 3.05) is 11.5 Å². The van der Waals surface area contributed by atoms with Gasteiger partial charge in [-0.15, -0.1) is 0 Å². The van der Waals surface area contributed by atoms with Gasteiger partial charge in [-0.05, 0) is 42.9 Å². The lowest BCUT2D eigenvalue weighted by molar-refractivity contribution is -0.268. The lowest BCUT2D eigenvalue weighted by Gasteiger charge is -2.30. The number of aryl methyl sites for hydroxylation is 1. The van der Waals surface area contributed by atoms with Gasteiger partial charge in [-0.25, -0.2) is 0 Å². The summed E-state index contributed by atoms with van der Waals surface area (Å²) in [5.74, 6) is -0.859. The maximum Gasteiger partial charge on any atom is 0.423 e. The first-order valence-electron chi connectivity index (χ1n) is 6.86. The highest BCUT2D eigenvalue weighted by Gasteiger charge is 2.55. The van der Waals surface area contributed by atoms with E-state index in [1.165, 1.54) is 12.3 Å². The normalized spacial score (nSPS) is 15.9. The number of rotatable bonds is 8. The summed E-state index contributed by atoms with van der Waals surface area (Å²) in [5.41, 5.74) is 2.53. The Hall–Kier alpha value is -1.32. The number of aromatic nitrogens is 1. The maximum atomic E-state index is 13.2. The third-order valence-electron chi connectivity index (χ3n) is 3.30. The summed E-state index contributed by atoms with van der Waals surface area (Å²) in [4.78, 5) is 14.2. The number of nitrogens with two attached hydrogens (primary N) is 1. The fourth-order valence-corrected chi connectivity index (χ4v) is 2.85. The summed E-state index contributed by atoms with van der Waals surface area (Å²) in [6.45, 7) is 1.69. The topological polar surface area (TPSA) is 96.4 Å². The molecule has 0 aliphatic carbocycles. The van der Waals surface area contributed by atoms with Crippen molar-refractivity contribution < 1.29 is 28.2 Å². The van der Waals surface area contributed by atoms with Crippen LogP contribution >= 0.6 is 11.8 Å². The molecule has 130 valence electrons. The van der Waals surface area contributed by atoms with Gasteiger partial charge in [0.2, 0.25) is 5.60 Å². The van der Waals surface area contributed by atoms with Crippen molar-refractivity contribution in [3.63, 3.8) is 0 Å². The summed E-state index contributed by atoms with van der Waals surface area (Å²) < 4.78 is 39.7. The van der Waals surface area contributed by atoms with Crippen LogP contribution in [0.15, 0.2) is 18.3 Å². The Labute approximate surface area is 136 Å². The van der Waals surface area contributed by atoms with E-state index in [9.17, 15) is 23.1 Å². The molecule has 1 aromatic rings. The SMILES string of the molecule is Cc1ccc(C(O)(CCSCCC(N)C(=O)O)C(F)(F)F)nc1. The third-order valence-corrected chi connectivity index (χ3v) is 4.32. The first kappa shape index (κ1) is 19.7. The fraction of sp³-hybridized carbons (Fsp3) is 0.571. The number of alkyl halides is 3. The van der Waals surface area contributed by atoms with Crippen LogP contribution in [-0.2, 0) is 10.4 Å². The van der Waals surface area contributed by atoms with E-state index in [-0.39, 0.29) is 12.2 Å². The van der Waals surface area contributed by atoms with Gasteiger partial charge in [0.05, 0.1) is 5.69 Å². The van der Waals surface area contributed by atoms with Crippen molar-refractivity contribution in [3.8, 4) is 0 Å². The second-order valence-electron chi connectivity index (χ2n) is 5.17. The van der Waals surface area contributed by atoms with E-state index < -0.39 is 35.9 Å². The number of pyridine rings is 1. The number of carboxylic acids is 1. The van der Waals surface area contributed by atoms with Crippen molar-refractivity contribution >= 4 is 17.7 Å². The minimum atomic E-state index is -4.85. The molecule has 0 radical (unpaired) electrons. The van der Waals surface area contributed by atoms with E-state index in [2.05, 4.69) is 4.98 Å². The highest BCUT2D eigenvalue weighted by Crippen LogP contribution is 2.41. The summed E-state index contributed by atoms with van der Waals surface area (Å²) >= 11 is 1.11. The molecule has 9 heteroatoms. The number of hydrogen-bond acceptors (Lipinski definition) is 5. The molecule has 0 bridgehead atoms. The van der Waals surface area contributed by atoms with Crippen LogP contribution in [0.1, 0.15) is 24.1 Å². The number of carbonyl (C=O) groups is 1. The summed E-state index contributed by atoms with van der Waals surface area (Å²) in [7, 11) is 0. The Morgan fingerprint density at radius 2 is 2.04 bits per heavy atom. The van der Waals surface area contributed by atoms with Crippen LogP contribution in [0.4, 0.5) is 13.2 Å². The zero-order valence-electron chi connectivity index (χ0n) is 12.5. The lowest BCUT2D eigenvalue weighted by atomic mass is 9.95. The van der Waals surface area contributed by atoms with Crippen molar-refractivity contribution in [2.45, 2.75) is 37.6 Å². The van der Waals surface area contributed by atoms with Crippen LogP contribution in [0.2, 0.25) is 0 Å². The molecule has 1 heterocycles. The van der Waals surface area contributed by atoms with Crippen molar-refractivity contribution in [3.05, 3.63) is 29.6 Å². The largest absolute Gasteiger partial charge is 0.480 e. The predicted octanol–water partition coefficient (Wildman–Crippen LogP) is 2.07. The molecule has 5 nitrogen and oxygen atoms in total. The molecule has 0 amide bonds. The molecule has 0 saturated heterocycles. The molecule has 2 unspecified atom stereocenters. The molecular weight excluding hydrogens is 333 g/mol. The van der Waals surface area contributed by atoms with Gasteiger partial charge in [-0.1, -0.05) is 6.07 Å². The Kier molecular flexibility index (Phi) is 6.84. The number of aliphatic carboxylic acids is 1. The van der Waals surface area contributed by atoms with Crippen LogP contribution < -0.4 is 5.73 Å². The number of nitrogens with zero attached hydrogens (tertiary/aromatic N) is 1. The van der Waals surface area contributed by atoms with Gasteiger partial charge in [-0.3, -0.25) is 9.78 Å². The van der Waals surface area contributed by atoms with Gasteiger partial charge in [-0.2, -0.15) is 24.9 Å². The Balaban J connectivity index is 2.66. The number of halogens is 3. The van der Waals surface area contributed by atoms with Crippen molar-refractivity contribution in [1.29, 1.82) is 0 Å². The van der Waals surface area contributed by atoms with Crippen LogP contribution in [0.3, 0.4) is 0 Å². The van der Waals surface area contributed by atoms with Gasteiger partial charge in [0.15, 0.2) is 0 Å². The third kappa shape index (κ3) is 5.36. The van der Waals surface area contributed by atoms with E-state index in [0.29, 0.717) is 11.3 Å². The molecule has 0 aliphatic rings. The standard InChI is InChI=1S/C14H19F3N2O3S/c1-9-2-3-11(19-8-9)13(22,14(15,16)17)5-7-23-6-4-10(18)12(20)21/h2-3,8,10,22H,4-7,18H2,1H3,(H,20,21). The minimum absolute atomic E-state index is 0.00208. The monoisotopic (exact) mass is 352 g/mol. The van der Waals surface area contributed by atoms with Gasteiger partial charge in [0, 0.05) is 6.20 Å². The average Bonchev–Trinajstić information content (AvgIpc) is 2.45. The number of thioether (sulfide) groups is 1. The molecule has 2 atom stereocenters. The Morgan fingerprint density at radius 3 is 2.52 bits per heavy atom. The van der Waals surface area contributed by atoms with E-state index in [1.54, 1.807) is 6.92 Å². The van der Waals surface area contributed by atoms with Gasteiger partial charge >= 0.3 is 12.1 Å². The molecule has 0 spiro atoms. The van der Waals surface area contributed by atoms with Crippen LogP contribution in [0, 0.1) is 6.92 Å². The average molecular weight is 352 g/mol. The second kappa shape index (κ2) is 7.98. The van der Waals surface area contributed by atoms with E-state index in [1.807, 2.05) is 0 Å². The van der Waals surface area contributed by atoms with Crippen molar-refractivity contribution in [1.82, 2.24) is 4.98 Å². The molecule has 4 N–H and O–H groups in total. The van der Waals surface area contributed by atoms with Crippen LogP contribution in [-0.4, -0.2) is 44.9 Å². The van der Waals surface area contributed by atoms with Crippen LogP contribution in [0.25, 0.3) is 0 Å². The molecule has 0 aromatic carbocycles. The zero-order chi connectivity index (χ0) is 17.7. The highest BCUT2D eigenvalue weighted by atomic mass is 32.2. The lowest BCUT2D eigenvalue weighted by Crippen LogP contribution is -2.43. The summed E-state index contributed by atoms with van der Waals surface area (Å²) in [6.07, 6.45) is -4.01. The molecule has 1 aromatic heterocycles. The molecular formula is C14H19F3N2O3S. The Morgan fingerprint density at radius 1 is 1.39 bits per heavy atom. The number of hydrogen-bond donors (Lipinski definition) is 3.